The van der Waals surface area contributed by atoms with Gasteiger partial charge in [-0.25, -0.2) is 13.1 Å². The molecule has 0 fully saturated rings. The number of sulfonamides is 1. The Morgan fingerprint density at radius 1 is 1.04 bits per heavy atom. The molecule has 1 N–H and O–H groups in total. The first-order valence-corrected chi connectivity index (χ1v) is 9.58. The van der Waals surface area contributed by atoms with Crippen molar-refractivity contribution in [3.8, 4) is 5.69 Å². The van der Waals surface area contributed by atoms with Gasteiger partial charge >= 0.3 is 0 Å². The SMILES string of the molecule is Cc1cc(NS(=O)(=O)c2cc([N+](=O)[O-])c(C)cc2C)n(-c2ccccc2)n1. The monoisotopic (exact) mass is 386 g/mol. The molecule has 0 unspecified atom stereocenters. The highest BCUT2D eigenvalue weighted by Crippen LogP contribution is 2.28. The Morgan fingerprint density at radius 2 is 1.70 bits per heavy atom. The zero-order valence-corrected chi connectivity index (χ0v) is 15.8. The lowest BCUT2D eigenvalue weighted by Gasteiger charge is -2.13. The molecule has 0 saturated carbocycles. The van der Waals surface area contributed by atoms with E-state index in [1.54, 1.807) is 39.0 Å². The van der Waals surface area contributed by atoms with Gasteiger partial charge in [0.05, 0.1) is 21.2 Å². The molecule has 0 bridgehead atoms. The summed E-state index contributed by atoms with van der Waals surface area (Å²) in [6.45, 7) is 4.92. The first-order chi connectivity index (χ1) is 12.7. The molecule has 9 heteroatoms. The minimum Gasteiger partial charge on any atom is -0.263 e. The highest BCUT2D eigenvalue weighted by molar-refractivity contribution is 7.92. The van der Waals surface area contributed by atoms with Gasteiger partial charge in [0.25, 0.3) is 15.7 Å². The van der Waals surface area contributed by atoms with Crippen LogP contribution in [-0.4, -0.2) is 23.1 Å². The van der Waals surface area contributed by atoms with Crippen LogP contribution in [0.4, 0.5) is 11.5 Å². The van der Waals surface area contributed by atoms with Gasteiger partial charge in [0.15, 0.2) is 0 Å². The minimum absolute atomic E-state index is 0.140. The molecule has 2 aromatic carbocycles. The van der Waals surface area contributed by atoms with E-state index in [0.29, 0.717) is 22.5 Å². The number of anilines is 1. The maximum absolute atomic E-state index is 12.9. The molecule has 0 aliphatic carbocycles. The molecule has 0 amide bonds. The van der Waals surface area contributed by atoms with Crippen molar-refractivity contribution in [2.75, 3.05) is 4.72 Å². The number of aromatic nitrogens is 2. The van der Waals surface area contributed by atoms with Crippen LogP contribution in [0.1, 0.15) is 16.8 Å². The average molecular weight is 386 g/mol. The van der Waals surface area contributed by atoms with Crippen molar-refractivity contribution in [1.29, 1.82) is 0 Å². The molecular weight excluding hydrogens is 368 g/mol. The summed E-state index contributed by atoms with van der Waals surface area (Å²) in [7, 11) is -4.05. The fourth-order valence-corrected chi connectivity index (χ4v) is 4.12. The van der Waals surface area contributed by atoms with E-state index in [2.05, 4.69) is 9.82 Å². The Bertz CT molecular complexity index is 1120. The van der Waals surface area contributed by atoms with Crippen LogP contribution in [0.3, 0.4) is 0 Å². The molecule has 0 spiro atoms. The molecule has 0 atom stereocenters. The normalized spacial score (nSPS) is 11.4. The third-order valence-corrected chi connectivity index (χ3v) is 5.55. The van der Waals surface area contributed by atoms with E-state index < -0.39 is 14.9 Å². The fourth-order valence-electron chi connectivity index (χ4n) is 2.84. The van der Waals surface area contributed by atoms with Crippen molar-refractivity contribution in [2.24, 2.45) is 0 Å². The van der Waals surface area contributed by atoms with Crippen LogP contribution < -0.4 is 4.72 Å². The summed E-state index contributed by atoms with van der Waals surface area (Å²) >= 11 is 0. The number of nitrogens with one attached hydrogen (secondary N) is 1. The Labute approximate surface area is 156 Å². The van der Waals surface area contributed by atoms with E-state index in [4.69, 9.17) is 0 Å². The van der Waals surface area contributed by atoms with Crippen LogP contribution in [0.25, 0.3) is 5.69 Å². The largest absolute Gasteiger partial charge is 0.273 e. The van der Waals surface area contributed by atoms with Crippen molar-refractivity contribution in [1.82, 2.24) is 9.78 Å². The molecular formula is C18H18N4O4S. The Morgan fingerprint density at radius 3 is 2.33 bits per heavy atom. The maximum Gasteiger partial charge on any atom is 0.273 e. The van der Waals surface area contributed by atoms with Gasteiger partial charge in [-0.3, -0.25) is 14.8 Å². The second-order valence-corrected chi connectivity index (χ2v) is 7.84. The number of para-hydroxylation sites is 1. The zero-order valence-electron chi connectivity index (χ0n) is 15.0. The van der Waals surface area contributed by atoms with E-state index in [9.17, 15) is 18.5 Å². The molecule has 3 aromatic rings. The first kappa shape index (κ1) is 18.6. The molecule has 3 rings (SSSR count). The summed E-state index contributed by atoms with van der Waals surface area (Å²) in [6, 6.07) is 13.3. The van der Waals surface area contributed by atoms with Gasteiger partial charge in [0, 0.05) is 17.7 Å². The molecule has 0 aliphatic rings. The van der Waals surface area contributed by atoms with E-state index >= 15 is 0 Å². The minimum atomic E-state index is -4.05. The summed E-state index contributed by atoms with van der Waals surface area (Å²) in [5.74, 6) is 0.251. The Kier molecular flexibility index (Phi) is 4.71. The number of hydrogen-bond acceptors (Lipinski definition) is 5. The van der Waals surface area contributed by atoms with E-state index in [1.165, 1.54) is 10.7 Å². The van der Waals surface area contributed by atoms with Crippen molar-refractivity contribution in [3.63, 3.8) is 0 Å². The van der Waals surface area contributed by atoms with Gasteiger partial charge in [-0.05, 0) is 44.5 Å². The third-order valence-electron chi connectivity index (χ3n) is 4.05. The summed E-state index contributed by atoms with van der Waals surface area (Å²) in [5, 5.41) is 15.5. The maximum atomic E-state index is 12.9. The summed E-state index contributed by atoms with van der Waals surface area (Å²) in [4.78, 5) is 10.5. The smallest absolute Gasteiger partial charge is 0.263 e. The predicted octanol–water partition coefficient (Wildman–Crippen LogP) is 3.51. The van der Waals surface area contributed by atoms with Gasteiger partial charge in [-0.15, -0.1) is 0 Å². The second kappa shape index (κ2) is 6.84. The van der Waals surface area contributed by atoms with Crippen molar-refractivity contribution in [2.45, 2.75) is 25.7 Å². The van der Waals surface area contributed by atoms with Gasteiger partial charge in [0.1, 0.15) is 5.82 Å². The van der Waals surface area contributed by atoms with Crippen LogP contribution in [-0.2, 0) is 10.0 Å². The number of nitrogens with zero attached hydrogens (tertiary/aromatic N) is 3. The summed E-state index contributed by atoms with van der Waals surface area (Å²) in [6.07, 6.45) is 0. The van der Waals surface area contributed by atoms with Gasteiger partial charge in [-0.1, -0.05) is 18.2 Å². The molecule has 1 heterocycles. The van der Waals surface area contributed by atoms with Crippen LogP contribution in [0, 0.1) is 30.9 Å². The summed E-state index contributed by atoms with van der Waals surface area (Å²) < 4.78 is 29.8. The molecule has 0 radical (unpaired) electrons. The topological polar surface area (TPSA) is 107 Å². The quantitative estimate of drug-likeness (QED) is 0.533. The number of hydrogen-bond donors (Lipinski definition) is 1. The van der Waals surface area contributed by atoms with Crippen LogP contribution >= 0.6 is 0 Å². The number of nitro groups is 1. The molecule has 27 heavy (non-hydrogen) atoms. The predicted molar refractivity (Wildman–Crippen MR) is 102 cm³/mol. The van der Waals surface area contributed by atoms with Crippen LogP contribution in [0.5, 0.6) is 0 Å². The van der Waals surface area contributed by atoms with Gasteiger partial charge in [0.2, 0.25) is 0 Å². The number of rotatable bonds is 5. The molecule has 0 saturated heterocycles. The molecule has 8 nitrogen and oxygen atoms in total. The first-order valence-electron chi connectivity index (χ1n) is 8.09. The lowest BCUT2D eigenvalue weighted by Crippen LogP contribution is -2.17. The second-order valence-electron chi connectivity index (χ2n) is 6.19. The number of aryl methyl sites for hydroxylation is 3. The lowest BCUT2D eigenvalue weighted by molar-refractivity contribution is -0.385. The fraction of sp³-hybridized carbons (Fsp3) is 0.167. The third kappa shape index (κ3) is 3.68. The van der Waals surface area contributed by atoms with Crippen molar-refractivity contribution >= 4 is 21.5 Å². The highest BCUT2D eigenvalue weighted by Gasteiger charge is 2.24. The molecule has 1 aromatic heterocycles. The van der Waals surface area contributed by atoms with Crippen molar-refractivity contribution < 1.29 is 13.3 Å². The van der Waals surface area contributed by atoms with Crippen molar-refractivity contribution in [3.05, 3.63) is 75.5 Å². The Hall–Kier alpha value is -3.20. The number of benzene rings is 2. The van der Waals surface area contributed by atoms with E-state index in [-0.39, 0.29) is 16.4 Å². The standard InChI is InChI=1S/C18H18N4O4S/c1-12-9-13(2)17(11-16(12)22(23)24)27(25,26)20-18-10-14(3)19-21(18)15-7-5-4-6-8-15/h4-11,20H,1-3H3. The van der Waals surface area contributed by atoms with Gasteiger partial charge < -0.3 is 0 Å². The molecule has 0 aliphatic heterocycles. The Balaban J connectivity index is 2.07. The van der Waals surface area contributed by atoms with Crippen LogP contribution in [0.2, 0.25) is 0 Å². The molecule has 140 valence electrons. The van der Waals surface area contributed by atoms with E-state index in [0.717, 1.165) is 6.07 Å². The number of nitro benzene ring substituents is 1. The van der Waals surface area contributed by atoms with Gasteiger partial charge in [-0.2, -0.15) is 5.10 Å². The summed E-state index contributed by atoms with van der Waals surface area (Å²) in [5.41, 5.74) is 1.90. The highest BCUT2D eigenvalue weighted by atomic mass is 32.2. The lowest BCUT2D eigenvalue weighted by atomic mass is 10.1. The van der Waals surface area contributed by atoms with Crippen LogP contribution in [0.15, 0.2) is 53.4 Å². The van der Waals surface area contributed by atoms with E-state index in [1.807, 2.05) is 18.2 Å². The average Bonchev–Trinajstić information content (AvgIpc) is 2.94. The zero-order chi connectivity index (χ0) is 19.8.